The van der Waals surface area contributed by atoms with Crippen molar-refractivity contribution in [2.75, 3.05) is 25.5 Å². The smallest absolute Gasteiger partial charge is 0.252 e. The molecule has 0 unspecified atom stereocenters. The van der Waals surface area contributed by atoms with Crippen LogP contribution in [0.25, 0.3) is 0 Å². The van der Waals surface area contributed by atoms with Crippen molar-refractivity contribution in [1.82, 2.24) is 9.29 Å². The highest BCUT2D eigenvalue weighted by atomic mass is 32.2. The summed E-state index contributed by atoms with van der Waals surface area (Å²) < 4.78 is 48.7. The van der Waals surface area contributed by atoms with E-state index in [1.165, 1.54) is 12.1 Å². The van der Waals surface area contributed by atoms with E-state index in [1.807, 2.05) is 6.92 Å². The highest BCUT2D eigenvalue weighted by Gasteiger charge is 2.23. The molecule has 1 rings (SSSR count). The molecule has 0 saturated carbocycles. The zero-order valence-electron chi connectivity index (χ0n) is 10.1. The maximum Gasteiger partial charge on any atom is 0.252 e. The first-order chi connectivity index (χ1) is 8.37. The molecule has 1 aromatic heterocycles. The number of anilines is 1. The molecule has 0 amide bonds. The van der Waals surface area contributed by atoms with Gasteiger partial charge in [0.2, 0.25) is 10.0 Å². The Hall–Kier alpha value is -1.28. The Kier molecular flexibility index (Phi) is 4.97. The summed E-state index contributed by atoms with van der Waals surface area (Å²) in [6.45, 7) is 1.70. The minimum Gasteiger partial charge on any atom is -0.370 e. The van der Waals surface area contributed by atoms with E-state index >= 15 is 0 Å². The molecule has 0 spiro atoms. The molecular weight excluding hydrogens is 264 g/mol. The third-order valence-corrected chi connectivity index (χ3v) is 4.00. The van der Waals surface area contributed by atoms with Crippen molar-refractivity contribution in [3.8, 4) is 0 Å². The fourth-order valence-corrected chi connectivity index (χ4v) is 2.39. The van der Waals surface area contributed by atoms with Gasteiger partial charge in [-0.05, 0) is 19.1 Å². The number of aromatic nitrogens is 1. The van der Waals surface area contributed by atoms with Gasteiger partial charge in [0.15, 0.2) is 0 Å². The molecule has 0 bridgehead atoms. The Morgan fingerprint density at radius 1 is 1.44 bits per heavy atom. The zero-order chi connectivity index (χ0) is 13.8. The van der Waals surface area contributed by atoms with E-state index in [-0.39, 0.29) is 4.90 Å². The Bertz CT molecular complexity index is 476. The molecule has 1 aromatic rings. The molecular formula is C10H15F2N3O2S. The van der Waals surface area contributed by atoms with Gasteiger partial charge in [-0.1, -0.05) is 0 Å². The average Bonchev–Trinajstić information content (AvgIpc) is 2.29. The van der Waals surface area contributed by atoms with Crippen molar-refractivity contribution in [2.24, 2.45) is 0 Å². The molecule has 0 aliphatic rings. The second kappa shape index (κ2) is 6.05. The van der Waals surface area contributed by atoms with Gasteiger partial charge in [0, 0.05) is 19.8 Å². The number of halogens is 2. The minimum absolute atomic E-state index is 0.104. The molecule has 0 fully saturated rings. The second-order valence-electron chi connectivity index (χ2n) is 3.59. The lowest BCUT2D eigenvalue weighted by atomic mass is 10.4. The van der Waals surface area contributed by atoms with Gasteiger partial charge in [-0.15, -0.1) is 0 Å². The highest BCUT2D eigenvalue weighted by Crippen LogP contribution is 2.15. The van der Waals surface area contributed by atoms with Gasteiger partial charge < -0.3 is 5.32 Å². The lowest BCUT2D eigenvalue weighted by Gasteiger charge is -2.16. The van der Waals surface area contributed by atoms with E-state index in [2.05, 4.69) is 10.3 Å². The van der Waals surface area contributed by atoms with Crippen LogP contribution >= 0.6 is 0 Å². The number of nitrogens with zero attached hydrogens (tertiary/aromatic N) is 2. The first-order valence-electron chi connectivity index (χ1n) is 5.32. The summed E-state index contributed by atoms with van der Waals surface area (Å²) in [5, 5.41) is 2.91. The fourth-order valence-electron chi connectivity index (χ4n) is 1.29. The maximum absolute atomic E-state index is 12.2. The summed E-state index contributed by atoms with van der Waals surface area (Å²) in [5.41, 5.74) is 0. The van der Waals surface area contributed by atoms with Gasteiger partial charge >= 0.3 is 0 Å². The van der Waals surface area contributed by atoms with Crippen molar-refractivity contribution in [2.45, 2.75) is 18.2 Å². The molecule has 0 saturated heterocycles. The Balaban J connectivity index is 2.91. The van der Waals surface area contributed by atoms with Crippen LogP contribution in [0, 0.1) is 0 Å². The molecule has 0 aromatic carbocycles. The lowest BCUT2D eigenvalue weighted by molar-refractivity contribution is 0.126. The Morgan fingerprint density at radius 3 is 2.56 bits per heavy atom. The van der Waals surface area contributed by atoms with Gasteiger partial charge in [0.05, 0.1) is 6.54 Å². The van der Waals surface area contributed by atoms with Crippen molar-refractivity contribution in [3.05, 3.63) is 18.3 Å². The Labute approximate surface area is 105 Å². The van der Waals surface area contributed by atoms with Gasteiger partial charge in [0.1, 0.15) is 10.7 Å². The van der Waals surface area contributed by atoms with Crippen molar-refractivity contribution in [3.63, 3.8) is 0 Å². The van der Waals surface area contributed by atoms with Gasteiger partial charge in [-0.25, -0.2) is 22.2 Å². The van der Waals surface area contributed by atoms with Crippen LogP contribution in [0.2, 0.25) is 0 Å². The number of hydrogen-bond acceptors (Lipinski definition) is 4. The van der Waals surface area contributed by atoms with Crippen LogP contribution in [-0.4, -0.2) is 44.3 Å². The topological polar surface area (TPSA) is 62.3 Å². The molecule has 102 valence electrons. The monoisotopic (exact) mass is 279 g/mol. The largest absolute Gasteiger partial charge is 0.370 e. The van der Waals surface area contributed by atoms with Gasteiger partial charge in [0.25, 0.3) is 6.43 Å². The van der Waals surface area contributed by atoms with E-state index in [0.717, 1.165) is 13.2 Å². The quantitative estimate of drug-likeness (QED) is 0.855. The third-order valence-electron chi connectivity index (χ3n) is 2.20. The normalized spacial score (nSPS) is 12.1. The molecule has 0 aliphatic heterocycles. The van der Waals surface area contributed by atoms with E-state index < -0.39 is 23.0 Å². The van der Waals surface area contributed by atoms with E-state index in [0.29, 0.717) is 16.7 Å². The van der Waals surface area contributed by atoms with E-state index in [1.54, 1.807) is 0 Å². The summed E-state index contributed by atoms with van der Waals surface area (Å²) in [4.78, 5) is 3.79. The standard InChI is InChI=1S/C10H15F2N3O2S/c1-3-13-10-5-4-8(6-14-10)18(16,17)15(2)7-9(11)12/h4-6,9H,3,7H2,1-2H3,(H,13,14). The summed E-state index contributed by atoms with van der Waals surface area (Å²) in [6.07, 6.45) is -1.56. The van der Waals surface area contributed by atoms with Crippen LogP contribution in [0.15, 0.2) is 23.2 Å². The molecule has 8 heteroatoms. The Morgan fingerprint density at radius 2 is 2.11 bits per heavy atom. The van der Waals surface area contributed by atoms with Crippen LogP contribution < -0.4 is 5.32 Å². The van der Waals surface area contributed by atoms with Crippen molar-refractivity contribution >= 4 is 15.8 Å². The van der Waals surface area contributed by atoms with Crippen LogP contribution in [0.3, 0.4) is 0 Å². The molecule has 18 heavy (non-hydrogen) atoms. The third kappa shape index (κ3) is 3.61. The van der Waals surface area contributed by atoms with Crippen LogP contribution in [0.1, 0.15) is 6.92 Å². The second-order valence-corrected chi connectivity index (χ2v) is 5.63. The van der Waals surface area contributed by atoms with Crippen molar-refractivity contribution in [1.29, 1.82) is 0 Å². The van der Waals surface area contributed by atoms with Crippen LogP contribution in [0.5, 0.6) is 0 Å². The first kappa shape index (κ1) is 14.8. The number of alkyl halides is 2. The van der Waals surface area contributed by atoms with Gasteiger partial charge in [-0.2, -0.15) is 4.31 Å². The van der Waals surface area contributed by atoms with E-state index in [4.69, 9.17) is 0 Å². The maximum atomic E-state index is 12.2. The number of rotatable bonds is 6. The summed E-state index contributed by atoms with van der Waals surface area (Å²) in [6, 6.07) is 2.83. The molecule has 5 nitrogen and oxygen atoms in total. The lowest BCUT2D eigenvalue weighted by Crippen LogP contribution is -2.31. The van der Waals surface area contributed by atoms with Crippen molar-refractivity contribution < 1.29 is 17.2 Å². The molecule has 1 N–H and O–H groups in total. The number of sulfonamides is 1. The zero-order valence-corrected chi connectivity index (χ0v) is 10.9. The SMILES string of the molecule is CCNc1ccc(S(=O)(=O)N(C)CC(F)F)cn1. The predicted molar refractivity (Wildman–Crippen MR) is 64.2 cm³/mol. The minimum atomic E-state index is -3.90. The number of hydrogen-bond donors (Lipinski definition) is 1. The molecule has 0 atom stereocenters. The highest BCUT2D eigenvalue weighted by molar-refractivity contribution is 7.89. The van der Waals surface area contributed by atoms with Crippen LogP contribution in [-0.2, 0) is 10.0 Å². The fraction of sp³-hybridized carbons (Fsp3) is 0.500. The summed E-state index contributed by atoms with van der Waals surface area (Å²) in [5.74, 6) is 0.535. The predicted octanol–water partition coefficient (Wildman–Crippen LogP) is 1.40. The molecule has 0 aliphatic carbocycles. The van der Waals surface area contributed by atoms with Crippen LogP contribution in [0.4, 0.5) is 14.6 Å². The summed E-state index contributed by atoms with van der Waals surface area (Å²) in [7, 11) is -2.79. The molecule has 0 radical (unpaired) electrons. The number of nitrogens with one attached hydrogen (secondary N) is 1. The summed E-state index contributed by atoms with van der Waals surface area (Å²) >= 11 is 0. The van der Waals surface area contributed by atoms with Gasteiger partial charge in [-0.3, -0.25) is 0 Å². The number of pyridine rings is 1. The first-order valence-corrected chi connectivity index (χ1v) is 6.76. The van der Waals surface area contributed by atoms with E-state index in [9.17, 15) is 17.2 Å². The average molecular weight is 279 g/mol. The molecule has 1 heterocycles.